The van der Waals surface area contributed by atoms with Gasteiger partial charge in [0.15, 0.2) is 0 Å². The van der Waals surface area contributed by atoms with E-state index >= 15 is 0 Å². The first-order valence-electron chi connectivity index (χ1n) is 3.03. The van der Waals surface area contributed by atoms with Gasteiger partial charge in [-0.3, -0.25) is 0 Å². The van der Waals surface area contributed by atoms with Gasteiger partial charge >= 0.3 is 0 Å². The molecule has 0 N–H and O–H groups in total. The molecule has 0 saturated carbocycles. The molecule has 1 atom stereocenters. The van der Waals surface area contributed by atoms with Crippen LogP contribution >= 0.6 is 0 Å². The van der Waals surface area contributed by atoms with Crippen LogP contribution in [0.4, 0.5) is 4.39 Å². The number of halogens is 1. The van der Waals surface area contributed by atoms with Gasteiger partial charge in [0.1, 0.15) is 6.17 Å². The predicted octanol–water partition coefficient (Wildman–Crippen LogP) is 1.77. The van der Waals surface area contributed by atoms with Gasteiger partial charge in [0, 0.05) is 6.61 Å². The van der Waals surface area contributed by atoms with Crippen molar-refractivity contribution < 1.29 is 9.13 Å². The molecular weight excluding hydrogens is 107 g/mol. The highest BCUT2D eigenvalue weighted by Crippen LogP contribution is 1.95. The van der Waals surface area contributed by atoms with Crippen LogP contribution in [0.2, 0.25) is 0 Å². The monoisotopic (exact) mass is 120 g/mol. The molecule has 0 rings (SSSR count). The summed E-state index contributed by atoms with van der Waals surface area (Å²) in [6.07, 6.45) is -0.213. The highest BCUT2D eigenvalue weighted by Gasteiger charge is 1.99. The Morgan fingerprint density at radius 1 is 1.50 bits per heavy atom. The van der Waals surface area contributed by atoms with Crippen LogP contribution in [-0.4, -0.2) is 19.4 Å². The number of rotatable bonds is 4. The van der Waals surface area contributed by atoms with Crippen LogP contribution in [0.15, 0.2) is 0 Å². The minimum atomic E-state index is -0.769. The number of ether oxygens (including phenoxy) is 1. The highest BCUT2D eigenvalue weighted by molar-refractivity contribution is 4.47. The van der Waals surface area contributed by atoms with Gasteiger partial charge in [-0.05, 0) is 13.3 Å². The Balaban J connectivity index is 2.86. The third-order valence-corrected chi connectivity index (χ3v) is 0.946. The van der Waals surface area contributed by atoms with E-state index in [1.54, 1.807) is 0 Å². The fraction of sp³-hybridized carbons (Fsp3) is 1.00. The average Bonchev–Trinajstić information content (AvgIpc) is 1.83. The van der Waals surface area contributed by atoms with Crippen molar-refractivity contribution in [1.29, 1.82) is 0 Å². The first-order chi connectivity index (χ1) is 3.81. The van der Waals surface area contributed by atoms with E-state index in [0.29, 0.717) is 13.0 Å². The van der Waals surface area contributed by atoms with E-state index in [-0.39, 0.29) is 6.61 Å². The molecule has 0 aliphatic heterocycles. The number of hydrogen-bond donors (Lipinski definition) is 0. The minimum Gasteiger partial charge on any atom is -0.379 e. The van der Waals surface area contributed by atoms with E-state index in [9.17, 15) is 4.39 Å². The van der Waals surface area contributed by atoms with Crippen molar-refractivity contribution in [2.45, 2.75) is 26.4 Å². The molecule has 0 bridgehead atoms. The van der Waals surface area contributed by atoms with Crippen LogP contribution in [0.1, 0.15) is 20.3 Å². The Morgan fingerprint density at radius 3 is 2.50 bits per heavy atom. The van der Waals surface area contributed by atoms with Crippen molar-refractivity contribution in [3.8, 4) is 0 Å². The van der Waals surface area contributed by atoms with Crippen LogP contribution in [0.3, 0.4) is 0 Å². The summed E-state index contributed by atoms with van der Waals surface area (Å²) in [5, 5.41) is 0. The minimum absolute atomic E-state index is 0.257. The lowest BCUT2D eigenvalue weighted by molar-refractivity contribution is 0.0880. The van der Waals surface area contributed by atoms with Gasteiger partial charge in [-0.25, -0.2) is 4.39 Å². The molecule has 0 heterocycles. The third-order valence-electron chi connectivity index (χ3n) is 0.946. The summed E-state index contributed by atoms with van der Waals surface area (Å²) >= 11 is 0. The van der Waals surface area contributed by atoms with Gasteiger partial charge in [0.25, 0.3) is 0 Å². The SMILES string of the molecule is CCOCC(F)CC. The summed E-state index contributed by atoms with van der Waals surface area (Å²) in [5.41, 5.74) is 0. The molecule has 0 aromatic carbocycles. The molecule has 0 spiro atoms. The lowest BCUT2D eigenvalue weighted by Gasteiger charge is -2.02. The highest BCUT2D eigenvalue weighted by atomic mass is 19.1. The second-order valence-electron chi connectivity index (χ2n) is 1.66. The normalized spacial score (nSPS) is 13.9. The zero-order chi connectivity index (χ0) is 6.41. The molecule has 0 aromatic heterocycles. The molecule has 1 nitrogen and oxygen atoms in total. The molecule has 2 heteroatoms. The van der Waals surface area contributed by atoms with E-state index in [1.807, 2.05) is 13.8 Å². The van der Waals surface area contributed by atoms with Gasteiger partial charge in [-0.2, -0.15) is 0 Å². The summed E-state index contributed by atoms with van der Waals surface area (Å²) in [6.45, 7) is 4.54. The Kier molecular flexibility index (Phi) is 4.97. The lowest BCUT2D eigenvalue weighted by Crippen LogP contribution is -2.07. The topological polar surface area (TPSA) is 9.23 Å². The van der Waals surface area contributed by atoms with Gasteiger partial charge in [-0.15, -0.1) is 0 Å². The van der Waals surface area contributed by atoms with E-state index in [2.05, 4.69) is 0 Å². The summed E-state index contributed by atoms with van der Waals surface area (Å²) in [4.78, 5) is 0. The molecule has 1 unspecified atom stereocenters. The van der Waals surface area contributed by atoms with E-state index in [4.69, 9.17) is 4.74 Å². The first kappa shape index (κ1) is 7.89. The maximum absolute atomic E-state index is 12.2. The zero-order valence-electron chi connectivity index (χ0n) is 5.48. The van der Waals surface area contributed by atoms with E-state index in [1.165, 1.54) is 0 Å². The summed E-state index contributed by atoms with van der Waals surface area (Å²) in [7, 11) is 0. The third kappa shape index (κ3) is 4.06. The summed E-state index contributed by atoms with van der Waals surface area (Å²) < 4.78 is 17.0. The Hall–Kier alpha value is -0.110. The number of alkyl halides is 1. The summed E-state index contributed by atoms with van der Waals surface area (Å²) in [6, 6.07) is 0. The largest absolute Gasteiger partial charge is 0.379 e. The fourth-order valence-corrected chi connectivity index (χ4v) is 0.364. The van der Waals surface area contributed by atoms with Gasteiger partial charge in [0.2, 0.25) is 0 Å². The van der Waals surface area contributed by atoms with Gasteiger partial charge in [0.05, 0.1) is 6.61 Å². The van der Waals surface area contributed by atoms with Crippen LogP contribution in [0.25, 0.3) is 0 Å². The van der Waals surface area contributed by atoms with Crippen molar-refractivity contribution in [1.82, 2.24) is 0 Å². The van der Waals surface area contributed by atoms with Gasteiger partial charge < -0.3 is 4.74 Å². The summed E-state index contributed by atoms with van der Waals surface area (Å²) in [5.74, 6) is 0. The molecule has 50 valence electrons. The van der Waals surface area contributed by atoms with Crippen LogP contribution in [0.5, 0.6) is 0 Å². The van der Waals surface area contributed by atoms with Crippen LogP contribution in [0, 0.1) is 0 Å². The molecule has 0 fully saturated rings. The van der Waals surface area contributed by atoms with E-state index in [0.717, 1.165) is 0 Å². The second-order valence-corrected chi connectivity index (χ2v) is 1.66. The van der Waals surface area contributed by atoms with Crippen molar-refractivity contribution in [3.63, 3.8) is 0 Å². The first-order valence-corrected chi connectivity index (χ1v) is 3.03. The van der Waals surface area contributed by atoms with Crippen molar-refractivity contribution in [3.05, 3.63) is 0 Å². The van der Waals surface area contributed by atoms with Gasteiger partial charge in [-0.1, -0.05) is 6.92 Å². The zero-order valence-corrected chi connectivity index (χ0v) is 5.48. The Labute approximate surface area is 49.8 Å². The molecule has 8 heavy (non-hydrogen) atoms. The van der Waals surface area contributed by atoms with E-state index < -0.39 is 6.17 Å². The fourth-order valence-electron chi connectivity index (χ4n) is 0.364. The maximum Gasteiger partial charge on any atom is 0.123 e. The maximum atomic E-state index is 12.2. The Bertz CT molecular complexity index is 47.8. The van der Waals surface area contributed by atoms with Crippen molar-refractivity contribution in [2.24, 2.45) is 0 Å². The van der Waals surface area contributed by atoms with Crippen LogP contribution in [-0.2, 0) is 4.74 Å². The Morgan fingerprint density at radius 2 is 2.12 bits per heavy atom. The standard InChI is InChI=1S/C6H13FO/c1-3-6(7)5-8-4-2/h6H,3-5H2,1-2H3. The smallest absolute Gasteiger partial charge is 0.123 e. The molecular formula is C6H13FO. The predicted molar refractivity (Wildman–Crippen MR) is 31.7 cm³/mol. The van der Waals surface area contributed by atoms with Crippen molar-refractivity contribution in [2.75, 3.05) is 13.2 Å². The van der Waals surface area contributed by atoms with Crippen molar-refractivity contribution >= 4 is 0 Å². The average molecular weight is 120 g/mol. The lowest BCUT2D eigenvalue weighted by atomic mass is 10.3. The molecule has 0 aromatic rings. The quantitative estimate of drug-likeness (QED) is 0.549. The molecule has 0 aliphatic rings. The van der Waals surface area contributed by atoms with Crippen LogP contribution < -0.4 is 0 Å². The molecule has 0 amide bonds. The molecule has 0 radical (unpaired) electrons. The molecule has 0 aliphatic carbocycles. The second kappa shape index (κ2) is 5.04. The molecule has 0 saturated heterocycles. The number of hydrogen-bond acceptors (Lipinski definition) is 1.